The predicted octanol–water partition coefficient (Wildman–Crippen LogP) is 3.50. The SMILES string of the molecule is O=C1NCCCCC1N(Cc1ccc(Br)cc1)S(=O)(=O)c1ccc(Cl)c2nonc12. The minimum Gasteiger partial charge on any atom is -0.355 e. The summed E-state index contributed by atoms with van der Waals surface area (Å²) in [6.45, 7) is 0.559. The van der Waals surface area contributed by atoms with Gasteiger partial charge in [-0.15, -0.1) is 0 Å². The second-order valence-electron chi connectivity index (χ2n) is 6.99. The van der Waals surface area contributed by atoms with Crippen LogP contribution in [-0.4, -0.2) is 41.5 Å². The second-order valence-corrected chi connectivity index (χ2v) is 10.2. The third-order valence-corrected chi connectivity index (χ3v) is 7.74. The number of carbonyl (C=O) groups is 1. The Balaban J connectivity index is 1.82. The molecule has 3 aromatic rings. The maximum Gasteiger partial charge on any atom is 0.246 e. The number of halogens is 2. The van der Waals surface area contributed by atoms with Gasteiger partial charge < -0.3 is 5.32 Å². The molecular weight excluding hydrogens is 496 g/mol. The average molecular weight is 514 g/mol. The molecule has 158 valence electrons. The molecule has 0 bridgehead atoms. The molecule has 11 heteroatoms. The summed E-state index contributed by atoms with van der Waals surface area (Å²) in [5.41, 5.74) is 0.950. The lowest BCUT2D eigenvalue weighted by atomic mass is 10.1. The van der Waals surface area contributed by atoms with Crippen molar-refractivity contribution in [3.63, 3.8) is 0 Å². The van der Waals surface area contributed by atoms with Crippen LogP contribution < -0.4 is 5.32 Å². The number of hydrogen-bond acceptors (Lipinski definition) is 6. The molecule has 1 N–H and O–H groups in total. The zero-order chi connectivity index (χ0) is 21.3. The highest BCUT2D eigenvalue weighted by molar-refractivity contribution is 9.10. The van der Waals surface area contributed by atoms with Gasteiger partial charge in [-0.05, 0) is 59.4 Å². The highest BCUT2D eigenvalue weighted by Crippen LogP contribution is 2.31. The van der Waals surface area contributed by atoms with Crippen molar-refractivity contribution < 1.29 is 17.8 Å². The number of carbonyl (C=O) groups excluding carboxylic acids is 1. The molecule has 1 aromatic heterocycles. The quantitative estimate of drug-likeness (QED) is 0.560. The van der Waals surface area contributed by atoms with Crippen molar-refractivity contribution in [2.45, 2.75) is 36.7 Å². The van der Waals surface area contributed by atoms with E-state index in [9.17, 15) is 13.2 Å². The van der Waals surface area contributed by atoms with Gasteiger partial charge in [-0.3, -0.25) is 4.79 Å². The molecule has 1 aliphatic heterocycles. The fourth-order valence-electron chi connectivity index (χ4n) is 3.48. The molecule has 0 spiro atoms. The molecule has 1 amide bonds. The van der Waals surface area contributed by atoms with Crippen LogP contribution in [0.25, 0.3) is 11.0 Å². The third-order valence-electron chi connectivity index (χ3n) is 5.02. The van der Waals surface area contributed by atoms with E-state index in [1.165, 1.54) is 16.4 Å². The van der Waals surface area contributed by atoms with E-state index in [-0.39, 0.29) is 33.4 Å². The van der Waals surface area contributed by atoms with Crippen molar-refractivity contribution >= 4 is 54.5 Å². The normalized spacial score (nSPS) is 17.8. The molecule has 1 fully saturated rings. The van der Waals surface area contributed by atoms with E-state index < -0.39 is 16.1 Å². The molecule has 1 saturated heterocycles. The van der Waals surface area contributed by atoms with Crippen molar-refractivity contribution in [3.8, 4) is 0 Å². The second kappa shape index (κ2) is 8.62. The minimum absolute atomic E-state index is 0.0309. The standard InChI is InChI=1S/C19H18BrClN4O4S/c20-13-6-4-12(5-7-13)11-25(15-3-1-2-10-22-19(15)26)30(27,28)16-9-8-14(21)17-18(16)24-29-23-17/h4-9,15H,1-3,10-11H2,(H,22,26). The van der Waals surface area contributed by atoms with Crippen molar-refractivity contribution in [3.05, 3.63) is 51.5 Å². The van der Waals surface area contributed by atoms with Gasteiger partial charge in [0.2, 0.25) is 15.9 Å². The van der Waals surface area contributed by atoms with Crippen molar-refractivity contribution in [2.24, 2.45) is 0 Å². The number of fused-ring (bicyclic) bond motifs is 1. The summed E-state index contributed by atoms with van der Waals surface area (Å²) >= 11 is 9.48. The van der Waals surface area contributed by atoms with E-state index in [2.05, 4.69) is 31.6 Å². The van der Waals surface area contributed by atoms with Gasteiger partial charge in [0.05, 0.1) is 5.02 Å². The summed E-state index contributed by atoms with van der Waals surface area (Å²) in [5.74, 6) is -0.309. The van der Waals surface area contributed by atoms with E-state index in [0.29, 0.717) is 13.0 Å². The van der Waals surface area contributed by atoms with Gasteiger partial charge in [0.15, 0.2) is 11.0 Å². The van der Waals surface area contributed by atoms with Crippen LogP contribution >= 0.6 is 27.5 Å². The number of nitrogens with zero attached hydrogens (tertiary/aromatic N) is 3. The van der Waals surface area contributed by atoms with Gasteiger partial charge >= 0.3 is 0 Å². The molecule has 2 heterocycles. The van der Waals surface area contributed by atoms with E-state index in [4.69, 9.17) is 16.2 Å². The molecule has 2 aromatic carbocycles. The molecule has 1 atom stereocenters. The van der Waals surface area contributed by atoms with Gasteiger partial charge in [0.25, 0.3) is 0 Å². The van der Waals surface area contributed by atoms with Crippen LogP contribution in [0.2, 0.25) is 5.02 Å². The Morgan fingerprint density at radius 3 is 2.63 bits per heavy atom. The van der Waals surface area contributed by atoms with E-state index in [1.807, 2.05) is 24.3 Å². The highest BCUT2D eigenvalue weighted by atomic mass is 79.9. The fourth-order valence-corrected chi connectivity index (χ4v) is 5.66. The Hall–Kier alpha value is -2.01. The van der Waals surface area contributed by atoms with Crippen LogP contribution in [0, 0.1) is 0 Å². The Morgan fingerprint density at radius 1 is 1.13 bits per heavy atom. The Bertz CT molecular complexity index is 1180. The summed E-state index contributed by atoms with van der Waals surface area (Å²) in [6, 6.07) is 9.25. The van der Waals surface area contributed by atoms with Crippen LogP contribution in [0.15, 0.2) is 50.4 Å². The Labute approximate surface area is 186 Å². The Morgan fingerprint density at radius 2 is 1.87 bits per heavy atom. The minimum atomic E-state index is -4.13. The summed E-state index contributed by atoms with van der Waals surface area (Å²) in [4.78, 5) is 12.7. The van der Waals surface area contributed by atoms with Gasteiger partial charge in [-0.1, -0.05) is 39.7 Å². The molecule has 0 saturated carbocycles. The number of benzene rings is 2. The van der Waals surface area contributed by atoms with Gasteiger partial charge in [0, 0.05) is 17.6 Å². The highest BCUT2D eigenvalue weighted by Gasteiger charge is 2.38. The lowest BCUT2D eigenvalue weighted by Gasteiger charge is -2.29. The maximum atomic E-state index is 13.8. The largest absolute Gasteiger partial charge is 0.355 e. The molecule has 1 aliphatic rings. The molecular formula is C19H18BrClN4O4S. The summed E-state index contributed by atoms with van der Waals surface area (Å²) in [7, 11) is -4.13. The fraction of sp³-hybridized carbons (Fsp3) is 0.316. The first-order chi connectivity index (χ1) is 14.4. The predicted molar refractivity (Wildman–Crippen MR) is 114 cm³/mol. The van der Waals surface area contributed by atoms with Gasteiger partial charge in [-0.2, -0.15) is 4.31 Å². The van der Waals surface area contributed by atoms with Crippen molar-refractivity contribution in [1.82, 2.24) is 19.9 Å². The summed E-state index contributed by atoms with van der Waals surface area (Å²) in [6.07, 6.45) is 1.96. The molecule has 0 radical (unpaired) electrons. The smallest absolute Gasteiger partial charge is 0.246 e. The van der Waals surface area contributed by atoms with Crippen molar-refractivity contribution in [2.75, 3.05) is 6.54 Å². The monoisotopic (exact) mass is 512 g/mol. The zero-order valence-corrected chi connectivity index (χ0v) is 18.9. The van der Waals surface area contributed by atoms with Gasteiger partial charge in [-0.25, -0.2) is 13.0 Å². The number of aromatic nitrogens is 2. The van der Waals surface area contributed by atoms with Crippen molar-refractivity contribution in [1.29, 1.82) is 0 Å². The molecule has 8 nitrogen and oxygen atoms in total. The maximum absolute atomic E-state index is 13.8. The third kappa shape index (κ3) is 4.09. The lowest BCUT2D eigenvalue weighted by molar-refractivity contribution is -0.124. The number of rotatable bonds is 5. The zero-order valence-electron chi connectivity index (χ0n) is 15.7. The number of amides is 1. The van der Waals surface area contributed by atoms with Crippen LogP contribution in [0.5, 0.6) is 0 Å². The number of nitrogens with one attached hydrogen (secondary N) is 1. The number of hydrogen-bond donors (Lipinski definition) is 1. The summed E-state index contributed by atoms with van der Waals surface area (Å²) < 4.78 is 34.4. The molecule has 1 unspecified atom stereocenters. The van der Waals surface area contributed by atoms with Crippen LogP contribution in [-0.2, 0) is 21.4 Å². The molecule has 30 heavy (non-hydrogen) atoms. The molecule has 0 aliphatic carbocycles. The Kier molecular flexibility index (Phi) is 6.10. The van der Waals surface area contributed by atoms with E-state index >= 15 is 0 Å². The molecule has 4 rings (SSSR count). The first kappa shape index (κ1) is 21.2. The summed E-state index contributed by atoms with van der Waals surface area (Å²) in [5, 5.41) is 10.5. The van der Waals surface area contributed by atoms with Crippen LogP contribution in [0.3, 0.4) is 0 Å². The topological polar surface area (TPSA) is 105 Å². The number of sulfonamides is 1. The lowest BCUT2D eigenvalue weighted by Crippen LogP contribution is -2.48. The van der Waals surface area contributed by atoms with Gasteiger partial charge in [0.1, 0.15) is 10.9 Å². The van der Waals surface area contributed by atoms with Crippen LogP contribution in [0.4, 0.5) is 0 Å². The van der Waals surface area contributed by atoms with E-state index in [0.717, 1.165) is 22.9 Å². The first-order valence-corrected chi connectivity index (χ1v) is 11.9. The van der Waals surface area contributed by atoms with Crippen LogP contribution in [0.1, 0.15) is 24.8 Å². The average Bonchev–Trinajstić information content (AvgIpc) is 3.12. The van der Waals surface area contributed by atoms with E-state index in [1.54, 1.807) is 0 Å². The first-order valence-electron chi connectivity index (χ1n) is 9.32.